The molecule has 3 N–H and O–H groups in total. The van der Waals surface area contributed by atoms with Crippen molar-refractivity contribution in [1.29, 1.82) is 0 Å². The van der Waals surface area contributed by atoms with Gasteiger partial charge in [-0.2, -0.15) is 0 Å². The normalized spacial score (nSPS) is 9.44. The lowest BCUT2D eigenvalue weighted by Gasteiger charge is -2.06. The second kappa shape index (κ2) is 6.39. The van der Waals surface area contributed by atoms with E-state index < -0.39 is 11.8 Å². The number of hydrogen-bond acceptors (Lipinski definition) is 3. The molecular formula is C12H15N3O3. The van der Waals surface area contributed by atoms with Crippen LogP contribution in [0.25, 0.3) is 0 Å². The van der Waals surface area contributed by atoms with Gasteiger partial charge in [0, 0.05) is 24.8 Å². The van der Waals surface area contributed by atoms with Gasteiger partial charge in [-0.25, -0.2) is 0 Å². The van der Waals surface area contributed by atoms with Crippen LogP contribution in [0.15, 0.2) is 24.3 Å². The van der Waals surface area contributed by atoms with Crippen molar-refractivity contribution in [3.05, 3.63) is 24.3 Å². The molecule has 18 heavy (non-hydrogen) atoms. The van der Waals surface area contributed by atoms with E-state index in [2.05, 4.69) is 16.0 Å². The van der Waals surface area contributed by atoms with Crippen LogP contribution >= 0.6 is 0 Å². The quantitative estimate of drug-likeness (QED) is 0.690. The number of benzene rings is 1. The summed E-state index contributed by atoms with van der Waals surface area (Å²) in [5, 5.41) is 7.44. The lowest BCUT2D eigenvalue weighted by atomic mass is 10.2. The van der Waals surface area contributed by atoms with E-state index in [-0.39, 0.29) is 5.91 Å². The molecule has 0 fully saturated rings. The first kappa shape index (κ1) is 13.7. The Hall–Kier alpha value is -2.37. The molecule has 0 aliphatic rings. The van der Waals surface area contributed by atoms with Gasteiger partial charge in [-0.1, -0.05) is 0 Å². The molecule has 1 rings (SSSR count). The Balaban J connectivity index is 2.61. The third-order valence-electron chi connectivity index (χ3n) is 2.01. The summed E-state index contributed by atoms with van der Waals surface area (Å²) in [6.45, 7) is 3.53. The highest BCUT2D eigenvalue weighted by Crippen LogP contribution is 2.13. The predicted molar refractivity (Wildman–Crippen MR) is 68.1 cm³/mol. The van der Waals surface area contributed by atoms with Gasteiger partial charge in [-0.3, -0.25) is 14.4 Å². The van der Waals surface area contributed by atoms with Crippen molar-refractivity contribution in [3.63, 3.8) is 0 Å². The predicted octanol–water partition coefficient (Wildman–Crippen LogP) is 0.720. The first-order valence-corrected chi connectivity index (χ1v) is 5.49. The highest BCUT2D eigenvalue weighted by Gasteiger charge is 2.11. The van der Waals surface area contributed by atoms with Crippen LogP contribution < -0.4 is 16.0 Å². The van der Waals surface area contributed by atoms with Gasteiger partial charge in [0.1, 0.15) is 0 Å². The minimum absolute atomic E-state index is 0.172. The summed E-state index contributed by atoms with van der Waals surface area (Å²) in [5.74, 6) is -1.57. The molecule has 0 heterocycles. The van der Waals surface area contributed by atoms with Crippen LogP contribution in [-0.2, 0) is 14.4 Å². The zero-order valence-corrected chi connectivity index (χ0v) is 10.2. The largest absolute Gasteiger partial charge is 0.348 e. The molecule has 1 aromatic rings. The highest BCUT2D eigenvalue weighted by molar-refractivity contribution is 6.39. The summed E-state index contributed by atoms with van der Waals surface area (Å²) in [7, 11) is 0. The lowest BCUT2D eigenvalue weighted by molar-refractivity contribution is -0.136. The second-order valence-corrected chi connectivity index (χ2v) is 3.57. The van der Waals surface area contributed by atoms with E-state index in [0.29, 0.717) is 17.9 Å². The zero-order chi connectivity index (χ0) is 13.5. The smallest absolute Gasteiger partial charge is 0.313 e. The molecule has 96 valence electrons. The van der Waals surface area contributed by atoms with E-state index in [1.165, 1.54) is 6.92 Å². The molecule has 0 aliphatic carbocycles. The molecule has 6 heteroatoms. The van der Waals surface area contributed by atoms with Crippen molar-refractivity contribution in [2.24, 2.45) is 0 Å². The van der Waals surface area contributed by atoms with E-state index in [0.717, 1.165) is 0 Å². The van der Waals surface area contributed by atoms with Gasteiger partial charge in [0.05, 0.1) is 0 Å². The Bertz CT molecular complexity index is 454. The molecule has 0 bridgehead atoms. The Kier molecular flexibility index (Phi) is 4.86. The van der Waals surface area contributed by atoms with Gasteiger partial charge in [-0.05, 0) is 31.2 Å². The Morgan fingerprint density at radius 2 is 1.44 bits per heavy atom. The van der Waals surface area contributed by atoms with Crippen LogP contribution in [0.1, 0.15) is 13.8 Å². The average molecular weight is 249 g/mol. The highest BCUT2D eigenvalue weighted by atomic mass is 16.2. The van der Waals surface area contributed by atoms with Gasteiger partial charge in [0.2, 0.25) is 5.91 Å². The fraction of sp³-hybridized carbons (Fsp3) is 0.250. The molecule has 0 aromatic heterocycles. The third kappa shape index (κ3) is 4.25. The first-order chi connectivity index (χ1) is 8.52. The number of likely N-dealkylation sites (N-methyl/N-ethyl adjacent to an activating group) is 1. The minimum Gasteiger partial charge on any atom is -0.348 e. The molecule has 0 atom stereocenters. The van der Waals surface area contributed by atoms with E-state index in [1.807, 2.05) is 0 Å². The molecule has 0 spiro atoms. The van der Waals surface area contributed by atoms with Crippen molar-refractivity contribution >= 4 is 29.1 Å². The summed E-state index contributed by atoms with van der Waals surface area (Å²) >= 11 is 0. The number of nitrogens with one attached hydrogen (secondary N) is 3. The molecule has 6 nitrogen and oxygen atoms in total. The maximum atomic E-state index is 11.4. The van der Waals surface area contributed by atoms with Gasteiger partial charge >= 0.3 is 11.8 Å². The number of rotatable bonds is 3. The third-order valence-corrected chi connectivity index (χ3v) is 2.01. The Morgan fingerprint density at radius 1 is 0.944 bits per heavy atom. The van der Waals surface area contributed by atoms with Gasteiger partial charge in [0.25, 0.3) is 0 Å². The van der Waals surface area contributed by atoms with Gasteiger partial charge in [0.15, 0.2) is 0 Å². The fourth-order valence-corrected chi connectivity index (χ4v) is 1.27. The summed E-state index contributed by atoms with van der Waals surface area (Å²) in [6, 6.07) is 6.47. The monoisotopic (exact) mass is 249 g/mol. The molecule has 0 unspecified atom stereocenters. The van der Waals surface area contributed by atoms with Crippen molar-refractivity contribution in [3.8, 4) is 0 Å². The molecule has 0 radical (unpaired) electrons. The second-order valence-electron chi connectivity index (χ2n) is 3.57. The average Bonchev–Trinajstić information content (AvgIpc) is 2.31. The van der Waals surface area contributed by atoms with Crippen molar-refractivity contribution < 1.29 is 14.4 Å². The molecular weight excluding hydrogens is 234 g/mol. The van der Waals surface area contributed by atoms with Crippen LogP contribution in [0, 0.1) is 0 Å². The zero-order valence-electron chi connectivity index (χ0n) is 10.2. The molecule has 0 saturated carbocycles. The SMILES string of the molecule is CCNC(=O)C(=O)Nc1ccc(NC(C)=O)cc1. The maximum absolute atomic E-state index is 11.4. The molecule has 3 amide bonds. The van der Waals surface area contributed by atoms with Crippen LogP contribution in [-0.4, -0.2) is 24.3 Å². The Labute approximate surface area is 105 Å². The van der Waals surface area contributed by atoms with E-state index in [9.17, 15) is 14.4 Å². The Morgan fingerprint density at radius 3 is 1.89 bits per heavy atom. The molecule has 0 saturated heterocycles. The van der Waals surface area contributed by atoms with E-state index in [1.54, 1.807) is 31.2 Å². The number of anilines is 2. The topological polar surface area (TPSA) is 87.3 Å². The first-order valence-electron chi connectivity index (χ1n) is 5.49. The summed E-state index contributed by atoms with van der Waals surface area (Å²) in [5.41, 5.74) is 1.11. The number of hydrogen-bond donors (Lipinski definition) is 3. The van der Waals surface area contributed by atoms with E-state index >= 15 is 0 Å². The number of carbonyl (C=O) groups is 3. The van der Waals surface area contributed by atoms with Crippen LogP contribution in [0.5, 0.6) is 0 Å². The van der Waals surface area contributed by atoms with Gasteiger partial charge in [-0.15, -0.1) is 0 Å². The molecule has 1 aromatic carbocycles. The maximum Gasteiger partial charge on any atom is 0.313 e. The molecule has 0 aliphatic heterocycles. The van der Waals surface area contributed by atoms with Gasteiger partial charge < -0.3 is 16.0 Å². The van der Waals surface area contributed by atoms with Crippen molar-refractivity contribution in [2.75, 3.05) is 17.2 Å². The van der Waals surface area contributed by atoms with Crippen molar-refractivity contribution in [2.45, 2.75) is 13.8 Å². The standard InChI is InChI=1S/C12H15N3O3/c1-3-13-11(17)12(18)15-10-6-4-9(5-7-10)14-8(2)16/h4-7H,3H2,1-2H3,(H,13,17)(H,14,16)(H,15,18). The summed E-state index contributed by atoms with van der Waals surface area (Å²) < 4.78 is 0. The van der Waals surface area contributed by atoms with E-state index in [4.69, 9.17) is 0 Å². The minimum atomic E-state index is -0.718. The number of carbonyl (C=O) groups excluding carboxylic acids is 3. The number of amides is 3. The van der Waals surface area contributed by atoms with Crippen LogP contribution in [0.2, 0.25) is 0 Å². The van der Waals surface area contributed by atoms with Crippen LogP contribution in [0.3, 0.4) is 0 Å². The van der Waals surface area contributed by atoms with Crippen molar-refractivity contribution in [1.82, 2.24) is 5.32 Å². The fourth-order valence-electron chi connectivity index (χ4n) is 1.27. The lowest BCUT2D eigenvalue weighted by Crippen LogP contribution is -2.35. The summed E-state index contributed by atoms with van der Waals surface area (Å²) in [4.78, 5) is 33.4. The summed E-state index contributed by atoms with van der Waals surface area (Å²) in [6.07, 6.45) is 0. The van der Waals surface area contributed by atoms with Crippen LogP contribution in [0.4, 0.5) is 11.4 Å².